The summed E-state index contributed by atoms with van der Waals surface area (Å²) < 4.78 is 5.42. The maximum absolute atomic E-state index is 13.9. The van der Waals surface area contributed by atoms with Gasteiger partial charge in [0.15, 0.2) is 5.78 Å². The minimum absolute atomic E-state index is 0.0630. The maximum Gasteiger partial charge on any atom is 0.327 e. The number of carbonyl (C=O) groups excluding carboxylic acids is 2. The van der Waals surface area contributed by atoms with Crippen molar-refractivity contribution in [3.05, 3.63) is 81.1 Å². The second kappa shape index (κ2) is 8.92. The molecule has 8 heteroatoms. The number of thiophene rings is 1. The number of hydrogen-bond donors (Lipinski definition) is 2. The van der Waals surface area contributed by atoms with E-state index in [1.807, 2.05) is 41.8 Å². The van der Waals surface area contributed by atoms with Crippen LogP contribution >= 0.6 is 22.9 Å². The molecule has 0 radical (unpaired) electrons. The van der Waals surface area contributed by atoms with E-state index in [4.69, 9.17) is 16.3 Å². The van der Waals surface area contributed by atoms with E-state index in [0.29, 0.717) is 34.1 Å². The summed E-state index contributed by atoms with van der Waals surface area (Å²) in [5.41, 5.74) is 3.46. The standard InChI is InChI=1S/C25H22ClN3O3S/c1-32-21-12-11-15(26)14-18(21)28-25(31)29-19-8-3-2-6-16(19)27-17-7-4-9-20(30)23(17)24(29)22-10-5-13-33-22/h2-3,5-6,8,10-14,24,27H,4,7,9H2,1H3,(H,28,31). The number of nitrogens with zero attached hydrogens (tertiary/aromatic N) is 1. The van der Waals surface area contributed by atoms with Gasteiger partial charge in [0.25, 0.3) is 0 Å². The number of ketones is 1. The summed E-state index contributed by atoms with van der Waals surface area (Å²) in [4.78, 5) is 29.7. The van der Waals surface area contributed by atoms with Gasteiger partial charge in [0.1, 0.15) is 11.8 Å². The summed E-state index contributed by atoms with van der Waals surface area (Å²) in [6.45, 7) is 0. The quantitative estimate of drug-likeness (QED) is 0.442. The molecule has 1 aliphatic heterocycles. The normalized spacial score (nSPS) is 17.6. The molecule has 1 aromatic heterocycles. The number of fused-ring (bicyclic) bond motifs is 1. The van der Waals surface area contributed by atoms with Gasteiger partial charge >= 0.3 is 6.03 Å². The predicted molar refractivity (Wildman–Crippen MR) is 133 cm³/mol. The molecule has 0 spiro atoms. The van der Waals surface area contributed by atoms with E-state index in [9.17, 15) is 9.59 Å². The number of Topliss-reactive ketones (excluding diaryl/α,β-unsaturated/α-hetero) is 1. The Morgan fingerprint density at radius 3 is 2.82 bits per heavy atom. The summed E-state index contributed by atoms with van der Waals surface area (Å²) in [6.07, 6.45) is 2.01. The summed E-state index contributed by atoms with van der Waals surface area (Å²) in [6, 6.07) is 15.7. The summed E-state index contributed by atoms with van der Waals surface area (Å²) in [5, 5.41) is 8.86. The zero-order valence-corrected chi connectivity index (χ0v) is 19.5. The van der Waals surface area contributed by atoms with Crippen LogP contribution in [-0.4, -0.2) is 18.9 Å². The first-order valence-electron chi connectivity index (χ1n) is 10.7. The molecule has 2 aliphatic rings. The Bertz CT molecular complexity index is 1260. The van der Waals surface area contributed by atoms with Crippen LogP contribution in [0.25, 0.3) is 0 Å². The Morgan fingerprint density at radius 1 is 1.18 bits per heavy atom. The molecule has 3 aromatic rings. The zero-order valence-electron chi connectivity index (χ0n) is 17.9. The molecule has 33 heavy (non-hydrogen) atoms. The maximum atomic E-state index is 13.9. The number of hydrogen-bond acceptors (Lipinski definition) is 5. The number of carbonyl (C=O) groups is 2. The third-order valence-electron chi connectivity index (χ3n) is 5.87. The van der Waals surface area contributed by atoms with Gasteiger partial charge in [-0.2, -0.15) is 0 Å². The molecular weight excluding hydrogens is 458 g/mol. The molecular formula is C25H22ClN3O3S. The minimum Gasteiger partial charge on any atom is -0.495 e. The lowest BCUT2D eigenvalue weighted by Gasteiger charge is -2.33. The van der Waals surface area contributed by atoms with Gasteiger partial charge in [-0.25, -0.2) is 4.79 Å². The molecule has 2 aromatic carbocycles. The van der Waals surface area contributed by atoms with Gasteiger partial charge in [0, 0.05) is 27.6 Å². The number of amides is 2. The number of nitrogens with one attached hydrogen (secondary N) is 2. The van der Waals surface area contributed by atoms with E-state index in [1.165, 1.54) is 18.4 Å². The number of anilines is 3. The number of rotatable bonds is 3. The van der Waals surface area contributed by atoms with Gasteiger partial charge in [-0.15, -0.1) is 11.3 Å². The van der Waals surface area contributed by atoms with Crippen molar-refractivity contribution in [2.45, 2.75) is 25.3 Å². The number of urea groups is 1. The van der Waals surface area contributed by atoms with Crippen molar-refractivity contribution in [2.75, 3.05) is 22.6 Å². The molecule has 0 bridgehead atoms. The Labute approximate surface area is 200 Å². The van der Waals surface area contributed by atoms with Crippen LogP contribution in [-0.2, 0) is 4.79 Å². The number of ether oxygens (including phenoxy) is 1. The lowest BCUT2D eigenvalue weighted by molar-refractivity contribution is -0.116. The Balaban J connectivity index is 1.67. The van der Waals surface area contributed by atoms with Gasteiger partial charge in [0.2, 0.25) is 0 Å². The fraction of sp³-hybridized carbons (Fsp3) is 0.200. The fourth-order valence-corrected chi connectivity index (χ4v) is 5.42. The molecule has 6 nitrogen and oxygen atoms in total. The molecule has 2 heterocycles. The van der Waals surface area contributed by atoms with Crippen molar-refractivity contribution in [3.63, 3.8) is 0 Å². The molecule has 168 valence electrons. The monoisotopic (exact) mass is 479 g/mol. The Kier molecular flexibility index (Phi) is 5.83. The lowest BCUT2D eigenvalue weighted by atomic mass is 9.88. The largest absolute Gasteiger partial charge is 0.495 e. The van der Waals surface area contributed by atoms with Crippen LogP contribution in [0.1, 0.15) is 30.2 Å². The molecule has 1 aliphatic carbocycles. The van der Waals surface area contributed by atoms with Crippen LogP contribution in [0.2, 0.25) is 5.02 Å². The Hall–Kier alpha value is -3.29. The van der Waals surface area contributed by atoms with E-state index in [2.05, 4.69) is 10.6 Å². The van der Waals surface area contributed by atoms with Crippen LogP contribution in [0.5, 0.6) is 5.75 Å². The topological polar surface area (TPSA) is 70.7 Å². The number of allylic oxidation sites excluding steroid dienone is 1. The van der Waals surface area contributed by atoms with Crippen molar-refractivity contribution < 1.29 is 14.3 Å². The molecule has 2 amide bonds. The lowest BCUT2D eigenvalue weighted by Crippen LogP contribution is -2.40. The van der Waals surface area contributed by atoms with E-state index >= 15 is 0 Å². The van der Waals surface area contributed by atoms with E-state index in [1.54, 1.807) is 23.1 Å². The molecule has 0 fully saturated rings. The van der Waals surface area contributed by atoms with Crippen molar-refractivity contribution in [3.8, 4) is 5.75 Å². The average molecular weight is 480 g/mol. The third kappa shape index (κ3) is 3.98. The molecule has 0 saturated heterocycles. The first kappa shape index (κ1) is 21.6. The minimum atomic E-state index is -0.547. The van der Waals surface area contributed by atoms with Crippen molar-refractivity contribution in [2.24, 2.45) is 0 Å². The first-order valence-corrected chi connectivity index (χ1v) is 11.9. The second-order valence-electron chi connectivity index (χ2n) is 7.87. The summed E-state index contributed by atoms with van der Waals surface area (Å²) in [7, 11) is 1.54. The van der Waals surface area contributed by atoms with Gasteiger partial charge in [-0.3, -0.25) is 9.69 Å². The Morgan fingerprint density at radius 2 is 2.03 bits per heavy atom. The molecule has 1 atom stereocenters. The van der Waals surface area contributed by atoms with Crippen molar-refractivity contribution >= 4 is 51.8 Å². The highest BCUT2D eigenvalue weighted by molar-refractivity contribution is 7.10. The van der Waals surface area contributed by atoms with Crippen LogP contribution in [0.3, 0.4) is 0 Å². The van der Waals surface area contributed by atoms with E-state index < -0.39 is 6.04 Å². The van der Waals surface area contributed by atoms with Gasteiger partial charge in [-0.05, 0) is 54.6 Å². The van der Waals surface area contributed by atoms with Crippen LogP contribution in [0.15, 0.2) is 71.2 Å². The van der Waals surface area contributed by atoms with E-state index in [-0.39, 0.29) is 11.8 Å². The predicted octanol–water partition coefficient (Wildman–Crippen LogP) is 6.62. The number of para-hydroxylation sites is 2. The number of benzene rings is 2. The van der Waals surface area contributed by atoms with Gasteiger partial charge in [-0.1, -0.05) is 29.8 Å². The number of halogens is 1. The molecule has 5 rings (SSSR count). The fourth-order valence-electron chi connectivity index (χ4n) is 4.43. The SMILES string of the molecule is COc1ccc(Cl)cc1NC(=O)N1c2ccccc2NC2=C(C(=O)CCC2)C1c1cccs1. The van der Waals surface area contributed by atoms with Crippen molar-refractivity contribution in [1.29, 1.82) is 0 Å². The van der Waals surface area contributed by atoms with Gasteiger partial charge < -0.3 is 15.4 Å². The highest BCUT2D eigenvalue weighted by Crippen LogP contribution is 2.46. The number of methoxy groups -OCH3 is 1. The molecule has 2 N–H and O–H groups in total. The highest BCUT2D eigenvalue weighted by atomic mass is 35.5. The summed E-state index contributed by atoms with van der Waals surface area (Å²) in [5.74, 6) is 0.559. The van der Waals surface area contributed by atoms with Crippen LogP contribution in [0, 0.1) is 0 Å². The second-order valence-corrected chi connectivity index (χ2v) is 9.29. The first-order chi connectivity index (χ1) is 16.1. The van der Waals surface area contributed by atoms with Crippen molar-refractivity contribution in [1.82, 2.24) is 0 Å². The van der Waals surface area contributed by atoms with Crippen LogP contribution < -0.4 is 20.3 Å². The molecule has 1 unspecified atom stereocenters. The average Bonchev–Trinajstić information content (AvgIpc) is 3.28. The highest BCUT2D eigenvalue weighted by Gasteiger charge is 2.40. The summed E-state index contributed by atoms with van der Waals surface area (Å²) >= 11 is 7.72. The molecule has 0 saturated carbocycles. The third-order valence-corrected chi connectivity index (χ3v) is 7.03. The van der Waals surface area contributed by atoms with Crippen LogP contribution in [0.4, 0.5) is 21.9 Å². The smallest absolute Gasteiger partial charge is 0.327 e. The zero-order chi connectivity index (χ0) is 22.9. The van der Waals surface area contributed by atoms with Gasteiger partial charge in [0.05, 0.1) is 24.2 Å². The van der Waals surface area contributed by atoms with E-state index in [0.717, 1.165) is 29.1 Å².